The molecule has 5 atom stereocenters. The van der Waals surface area contributed by atoms with Crippen molar-refractivity contribution in [3.8, 4) is 0 Å². The minimum atomic E-state index is -1.32. The van der Waals surface area contributed by atoms with Crippen LogP contribution >= 0.6 is 0 Å². The third-order valence-electron chi connectivity index (χ3n) is 5.28. The molecule has 1 unspecified atom stereocenters. The number of aliphatic hydroxyl groups excluding tert-OH is 1. The second-order valence-corrected chi connectivity index (χ2v) is 8.26. The van der Waals surface area contributed by atoms with Gasteiger partial charge in [-0.25, -0.2) is 0 Å². The largest absolute Gasteiger partial charge is 0.391 e. The first-order chi connectivity index (χ1) is 14.6. The number of carbonyl (C=O) groups excluding carboxylic acids is 4. The zero-order valence-electron chi connectivity index (χ0n) is 18.6. The molecule has 0 bridgehead atoms. The second kappa shape index (κ2) is 13.4. The molecule has 0 saturated carbocycles. The van der Waals surface area contributed by atoms with Crippen LogP contribution in [0.25, 0.3) is 0 Å². The molecule has 1 saturated heterocycles. The minimum Gasteiger partial charge on any atom is -0.391 e. The third-order valence-corrected chi connectivity index (χ3v) is 5.28. The molecular weight excluding hydrogens is 404 g/mol. The predicted octanol–water partition coefficient (Wildman–Crippen LogP) is -2.65. The van der Waals surface area contributed by atoms with E-state index in [1.165, 1.54) is 6.92 Å². The Labute approximate surface area is 183 Å². The molecule has 1 aliphatic heterocycles. The molecule has 31 heavy (non-hydrogen) atoms. The van der Waals surface area contributed by atoms with E-state index in [0.717, 1.165) is 19.4 Å². The van der Waals surface area contributed by atoms with E-state index >= 15 is 0 Å². The van der Waals surface area contributed by atoms with Gasteiger partial charge in [-0.3, -0.25) is 19.2 Å². The van der Waals surface area contributed by atoms with Crippen LogP contribution in [0.2, 0.25) is 0 Å². The lowest BCUT2D eigenvalue weighted by Gasteiger charge is -2.28. The summed E-state index contributed by atoms with van der Waals surface area (Å²) in [6.07, 6.45) is 0.517. The summed E-state index contributed by atoms with van der Waals surface area (Å²) in [5.74, 6) is -2.47. The Balaban J connectivity index is 2.82. The summed E-state index contributed by atoms with van der Waals surface area (Å²) in [4.78, 5) is 50.1. The summed E-state index contributed by atoms with van der Waals surface area (Å²) in [6.45, 7) is 6.14. The molecule has 1 rings (SSSR count). The SMILES string of the molecule is CC(C)C(=O)[C@H](CN)NC(=O)[C@@H](NC(=O)[C@H](CCN)NC(=O)[C@H]1CCCNC1)C(C)O. The van der Waals surface area contributed by atoms with Crippen molar-refractivity contribution in [2.24, 2.45) is 23.3 Å². The smallest absolute Gasteiger partial charge is 0.245 e. The Morgan fingerprint density at radius 1 is 1.03 bits per heavy atom. The summed E-state index contributed by atoms with van der Waals surface area (Å²) >= 11 is 0. The highest BCUT2D eigenvalue weighted by Gasteiger charge is 2.33. The zero-order chi connectivity index (χ0) is 23.6. The molecule has 9 N–H and O–H groups in total. The number of hydrogen-bond donors (Lipinski definition) is 7. The third kappa shape index (κ3) is 8.52. The van der Waals surface area contributed by atoms with Crippen molar-refractivity contribution >= 4 is 23.5 Å². The minimum absolute atomic E-state index is 0.107. The van der Waals surface area contributed by atoms with Crippen molar-refractivity contribution < 1.29 is 24.3 Å². The number of nitrogens with one attached hydrogen (secondary N) is 4. The first kappa shape index (κ1) is 27.0. The van der Waals surface area contributed by atoms with Gasteiger partial charge in [0, 0.05) is 19.0 Å². The van der Waals surface area contributed by atoms with E-state index in [9.17, 15) is 24.3 Å². The van der Waals surface area contributed by atoms with Crippen LogP contribution in [0.1, 0.15) is 40.0 Å². The molecule has 0 spiro atoms. The fourth-order valence-electron chi connectivity index (χ4n) is 3.37. The van der Waals surface area contributed by atoms with Crippen LogP contribution in [-0.2, 0) is 19.2 Å². The Hall–Kier alpha value is -2.08. The molecule has 0 aromatic heterocycles. The quantitative estimate of drug-likeness (QED) is 0.171. The molecular formula is C20H38N6O5. The predicted molar refractivity (Wildman–Crippen MR) is 116 cm³/mol. The average Bonchev–Trinajstić information content (AvgIpc) is 2.74. The van der Waals surface area contributed by atoms with Gasteiger partial charge >= 0.3 is 0 Å². The lowest BCUT2D eigenvalue weighted by molar-refractivity contribution is -0.136. The van der Waals surface area contributed by atoms with Crippen LogP contribution in [-0.4, -0.2) is 79.0 Å². The van der Waals surface area contributed by atoms with E-state index in [-0.39, 0.29) is 43.0 Å². The van der Waals surface area contributed by atoms with Gasteiger partial charge in [0.1, 0.15) is 12.1 Å². The number of rotatable bonds is 12. The maximum atomic E-state index is 12.8. The van der Waals surface area contributed by atoms with Gasteiger partial charge in [-0.1, -0.05) is 13.8 Å². The molecule has 0 aromatic rings. The van der Waals surface area contributed by atoms with Gasteiger partial charge in [0.25, 0.3) is 0 Å². The van der Waals surface area contributed by atoms with Crippen molar-refractivity contribution in [2.75, 3.05) is 26.2 Å². The van der Waals surface area contributed by atoms with Gasteiger partial charge in [-0.15, -0.1) is 0 Å². The molecule has 0 radical (unpaired) electrons. The fraction of sp³-hybridized carbons (Fsp3) is 0.800. The number of aliphatic hydroxyl groups is 1. The lowest BCUT2D eigenvalue weighted by Crippen LogP contribution is -2.60. The Morgan fingerprint density at radius 2 is 1.71 bits per heavy atom. The topological polar surface area (TPSA) is 189 Å². The molecule has 11 heteroatoms. The number of hydrogen-bond acceptors (Lipinski definition) is 8. The number of amides is 3. The molecule has 1 aliphatic rings. The van der Waals surface area contributed by atoms with Crippen LogP contribution in [0, 0.1) is 11.8 Å². The van der Waals surface area contributed by atoms with Crippen LogP contribution in [0.5, 0.6) is 0 Å². The van der Waals surface area contributed by atoms with Crippen LogP contribution in [0.15, 0.2) is 0 Å². The number of nitrogens with two attached hydrogens (primary N) is 2. The maximum Gasteiger partial charge on any atom is 0.245 e. The van der Waals surface area contributed by atoms with Gasteiger partial charge in [0.05, 0.1) is 18.1 Å². The van der Waals surface area contributed by atoms with Crippen molar-refractivity contribution in [2.45, 2.75) is 64.3 Å². The summed E-state index contributed by atoms with van der Waals surface area (Å²) in [5, 5.41) is 20.8. The van der Waals surface area contributed by atoms with Crippen LogP contribution in [0.4, 0.5) is 0 Å². The highest BCUT2D eigenvalue weighted by Crippen LogP contribution is 2.10. The number of ketones is 1. The number of carbonyl (C=O) groups is 4. The lowest BCUT2D eigenvalue weighted by atomic mass is 9.98. The van der Waals surface area contributed by atoms with E-state index in [4.69, 9.17) is 11.5 Å². The molecule has 0 aliphatic carbocycles. The van der Waals surface area contributed by atoms with Crippen molar-refractivity contribution in [3.63, 3.8) is 0 Å². The van der Waals surface area contributed by atoms with Gasteiger partial charge in [-0.2, -0.15) is 0 Å². The molecule has 11 nitrogen and oxygen atoms in total. The summed E-state index contributed by atoms with van der Waals surface area (Å²) in [5.41, 5.74) is 11.2. The van der Waals surface area contributed by atoms with E-state index in [1.54, 1.807) is 13.8 Å². The molecule has 0 aromatic carbocycles. The van der Waals surface area contributed by atoms with E-state index in [0.29, 0.717) is 6.54 Å². The zero-order valence-corrected chi connectivity index (χ0v) is 18.6. The van der Waals surface area contributed by atoms with E-state index in [1.807, 2.05) is 0 Å². The van der Waals surface area contributed by atoms with Crippen molar-refractivity contribution in [3.05, 3.63) is 0 Å². The summed E-state index contributed by atoms with van der Waals surface area (Å²) in [7, 11) is 0. The molecule has 1 heterocycles. The highest BCUT2D eigenvalue weighted by atomic mass is 16.3. The molecule has 1 fully saturated rings. The van der Waals surface area contributed by atoms with Gasteiger partial charge < -0.3 is 37.8 Å². The van der Waals surface area contributed by atoms with Crippen molar-refractivity contribution in [1.82, 2.24) is 21.3 Å². The van der Waals surface area contributed by atoms with E-state index in [2.05, 4.69) is 21.3 Å². The molecule has 178 valence electrons. The average molecular weight is 443 g/mol. The van der Waals surface area contributed by atoms with Gasteiger partial charge in [-0.05, 0) is 39.3 Å². The van der Waals surface area contributed by atoms with Crippen LogP contribution < -0.4 is 32.7 Å². The maximum absolute atomic E-state index is 12.8. The van der Waals surface area contributed by atoms with Crippen LogP contribution in [0.3, 0.4) is 0 Å². The summed E-state index contributed by atoms with van der Waals surface area (Å²) < 4.78 is 0. The standard InChI is InChI=1S/C20H38N6O5/c1-11(2)17(28)15(9-22)25-20(31)16(12(3)27)26-19(30)14(6-7-21)24-18(29)13-5-4-8-23-10-13/h11-16,23,27H,4-10,21-22H2,1-3H3,(H,24,29)(H,25,31)(H,26,30)/t12?,13-,14-,15-,16-/m0/s1. The van der Waals surface area contributed by atoms with Gasteiger partial charge in [0.2, 0.25) is 17.7 Å². The Morgan fingerprint density at radius 3 is 2.19 bits per heavy atom. The highest BCUT2D eigenvalue weighted by molar-refractivity contribution is 5.95. The Bertz CT molecular complexity index is 621. The Kier molecular flexibility index (Phi) is 11.6. The number of Topliss-reactive ketones (excluding diaryl/α,β-unsaturated/α-hetero) is 1. The first-order valence-electron chi connectivity index (χ1n) is 10.9. The van der Waals surface area contributed by atoms with E-state index < -0.39 is 36.0 Å². The second-order valence-electron chi connectivity index (χ2n) is 8.26. The normalized spacial score (nSPS) is 20.3. The van der Waals surface area contributed by atoms with Crippen molar-refractivity contribution in [1.29, 1.82) is 0 Å². The fourth-order valence-corrected chi connectivity index (χ4v) is 3.37. The summed E-state index contributed by atoms with van der Waals surface area (Å²) in [6, 6.07) is -3.20. The van der Waals surface area contributed by atoms with Gasteiger partial charge in [0.15, 0.2) is 5.78 Å². The monoisotopic (exact) mass is 442 g/mol. The molecule has 3 amide bonds. The first-order valence-corrected chi connectivity index (χ1v) is 10.9. The number of piperidine rings is 1.